The van der Waals surface area contributed by atoms with Gasteiger partial charge in [-0.25, -0.2) is 13.4 Å². The molecule has 1 unspecified atom stereocenters. The number of hydrogen-bond donors (Lipinski definition) is 1. The molecule has 0 saturated carbocycles. The number of aromatic nitrogens is 1. The predicted octanol–water partition coefficient (Wildman–Crippen LogP) is 0.722. The van der Waals surface area contributed by atoms with E-state index < -0.39 is 16.1 Å². The third kappa shape index (κ3) is 3.87. The molecule has 2 aliphatic heterocycles. The highest BCUT2D eigenvalue weighted by molar-refractivity contribution is 7.88. The number of anilines is 1. The number of hydrogen-bond acceptors (Lipinski definition) is 5. The Labute approximate surface area is 143 Å². The van der Waals surface area contributed by atoms with E-state index in [0.29, 0.717) is 19.5 Å². The van der Waals surface area contributed by atoms with E-state index in [9.17, 15) is 13.2 Å². The summed E-state index contributed by atoms with van der Waals surface area (Å²) < 4.78 is 24.7. The van der Waals surface area contributed by atoms with Crippen molar-refractivity contribution in [1.82, 2.24) is 14.6 Å². The first-order valence-corrected chi connectivity index (χ1v) is 10.2. The Balaban J connectivity index is 1.56. The van der Waals surface area contributed by atoms with Gasteiger partial charge in [0.05, 0.1) is 6.26 Å². The number of carbonyl (C=O) groups excluding carboxylic acids is 1. The van der Waals surface area contributed by atoms with Gasteiger partial charge in [0.25, 0.3) is 0 Å². The van der Waals surface area contributed by atoms with E-state index in [4.69, 9.17) is 0 Å². The number of nitrogens with zero attached hydrogens (tertiary/aromatic N) is 3. The van der Waals surface area contributed by atoms with Crippen LogP contribution in [0.25, 0.3) is 0 Å². The molecule has 2 fully saturated rings. The Morgan fingerprint density at radius 1 is 1.25 bits per heavy atom. The topological polar surface area (TPSA) is 82.6 Å². The first kappa shape index (κ1) is 17.2. The van der Waals surface area contributed by atoms with Crippen molar-refractivity contribution in [3.63, 3.8) is 0 Å². The molecule has 0 aromatic carbocycles. The maximum absolute atomic E-state index is 12.3. The van der Waals surface area contributed by atoms with Crippen molar-refractivity contribution in [3.05, 3.63) is 23.9 Å². The molecule has 8 heteroatoms. The van der Waals surface area contributed by atoms with E-state index in [0.717, 1.165) is 37.1 Å². The third-order valence-corrected chi connectivity index (χ3v) is 5.93. The van der Waals surface area contributed by atoms with Gasteiger partial charge in [-0.1, -0.05) is 6.07 Å². The molecule has 0 aliphatic carbocycles. The summed E-state index contributed by atoms with van der Waals surface area (Å²) >= 11 is 0. The number of carbonyl (C=O) groups is 1. The summed E-state index contributed by atoms with van der Waals surface area (Å²) in [6, 6.07) is 3.35. The second-order valence-corrected chi connectivity index (χ2v) is 8.40. The number of rotatable bonds is 5. The monoisotopic (exact) mass is 352 g/mol. The van der Waals surface area contributed by atoms with E-state index in [1.54, 1.807) is 6.20 Å². The highest BCUT2D eigenvalue weighted by Gasteiger charge is 2.36. The molecule has 24 heavy (non-hydrogen) atoms. The molecule has 1 amide bonds. The maximum Gasteiger partial charge on any atom is 0.238 e. The fourth-order valence-corrected chi connectivity index (χ4v) is 4.48. The number of sulfonamides is 1. The normalized spacial score (nSPS) is 22.0. The Kier molecular flexibility index (Phi) is 5.05. The van der Waals surface area contributed by atoms with Gasteiger partial charge in [-0.05, 0) is 37.3 Å². The summed E-state index contributed by atoms with van der Waals surface area (Å²) in [5.74, 6) is 0.739. The van der Waals surface area contributed by atoms with Crippen molar-refractivity contribution in [1.29, 1.82) is 0 Å². The van der Waals surface area contributed by atoms with Gasteiger partial charge in [-0.2, -0.15) is 4.31 Å². The molecule has 7 nitrogen and oxygen atoms in total. The van der Waals surface area contributed by atoms with Gasteiger partial charge >= 0.3 is 0 Å². The molecule has 1 N–H and O–H groups in total. The molecule has 0 bridgehead atoms. The Morgan fingerprint density at radius 3 is 2.62 bits per heavy atom. The van der Waals surface area contributed by atoms with Gasteiger partial charge in [-0.15, -0.1) is 0 Å². The average molecular weight is 352 g/mol. The quantitative estimate of drug-likeness (QED) is 0.844. The molecule has 3 rings (SSSR count). The van der Waals surface area contributed by atoms with E-state index in [1.165, 1.54) is 17.1 Å². The summed E-state index contributed by atoms with van der Waals surface area (Å²) in [6.45, 7) is 2.88. The zero-order chi connectivity index (χ0) is 17.2. The standard InChI is InChI=1S/C16H24N4O3S/c1-24(22,23)20-10-4-5-14(20)16(21)18-12-13-6-7-15(17-11-13)19-8-2-3-9-19/h6-7,11,14H,2-5,8-10,12H2,1H3,(H,18,21). The minimum Gasteiger partial charge on any atom is -0.357 e. The van der Waals surface area contributed by atoms with Crippen molar-refractivity contribution in [3.8, 4) is 0 Å². The first-order chi connectivity index (χ1) is 11.4. The zero-order valence-electron chi connectivity index (χ0n) is 13.9. The van der Waals surface area contributed by atoms with Crippen molar-refractivity contribution < 1.29 is 13.2 Å². The molecule has 1 aromatic heterocycles. The second-order valence-electron chi connectivity index (χ2n) is 6.47. The van der Waals surface area contributed by atoms with Crippen LogP contribution >= 0.6 is 0 Å². The lowest BCUT2D eigenvalue weighted by molar-refractivity contribution is -0.124. The minimum atomic E-state index is -3.34. The van der Waals surface area contributed by atoms with Crippen LogP contribution in [0.5, 0.6) is 0 Å². The summed E-state index contributed by atoms with van der Waals surface area (Å²) in [5, 5.41) is 2.83. The highest BCUT2D eigenvalue weighted by atomic mass is 32.2. The SMILES string of the molecule is CS(=O)(=O)N1CCCC1C(=O)NCc1ccc(N2CCCC2)nc1. The lowest BCUT2D eigenvalue weighted by atomic mass is 10.2. The fraction of sp³-hybridized carbons (Fsp3) is 0.625. The molecule has 2 saturated heterocycles. The predicted molar refractivity (Wildman–Crippen MR) is 92.1 cm³/mol. The lowest BCUT2D eigenvalue weighted by Crippen LogP contribution is -2.45. The lowest BCUT2D eigenvalue weighted by Gasteiger charge is -2.21. The van der Waals surface area contributed by atoms with Gasteiger partial charge in [0.15, 0.2) is 0 Å². The summed E-state index contributed by atoms with van der Waals surface area (Å²) in [6.07, 6.45) is 6.63. The molecular weight excluding hydrogens is 328 g/mol. The molecule has 0 spiro atoms. The number of nitrogens with one attached hydrogen (secondary N) is 1. The van der Waals surface area contributed by atoms with E-state index in [-0.39, 0.29) is 5.91 Å². The Morgan fingerprint density at radius 2 is 2.00 bits per heavy atom. The van der Waals surface area contributed by atoms with E-state index in [2.05, 4.69) is 15.2 Å². The van der Waals surface area contributed by atoms with Gasteiger partial charge in [0, 0.05) is 32.4 Å². The average Bonchev–Trinajstić information content (AvgIpc) is 3.23. The largest absolute Gasteiger partial charge is 0.357 e. The van der Waals surface area contributed by atoms with E-state index >= 15 is 0 Å². The summed E-state index contributed by atoms with van der Waals surface area (Å²) in [5.41, 5.74) is 0.912. The van der Waals surface area contributed by atoms with Crippen LogP contribution in [-0.2, 0) is 21.4 Å². The fourth-order valence-electron chi connectivity index (χ4n) is 3.36. The smallest absolute Gasteiger partial charge is 0.238 e. The van der Waals surface area contributed by atoms with Gasteiger partial charge in [-0.3, -0.25) is 4.79 Å². The summed E-state index contributed by atoms with van der Waals surface area (Å²) in [7, 11) is -3.34. The van der Waals surface area contributed by atoms with Crippen LogP contribution in [0.1, 0.15) is 31.2 Å². The van der Waals surface area contributed by atoms with Gasteiger partial charge < -0.3 is 10.2 Å². The molecular formula is C16H24N4O3S. The van der Waals surface area contributed by atoms with Gasteiger partial charge in [0.2, 0.25) is 15.9 Å². The minimum absolute atomic E-state index is 0.235. The molecule has 132 valence electrons. The van der Waals surface area contributed by atoms with E-state index in [1.807, 2.05) is 12.1 Å². The number of pyridine rings is 1. The maximum atomic E-state index is 12.3. The second kappa shape index (κ2) is 7.06. The van der Waals surface area contributed by atoms with Crippen LogP contribution in [0, 0.1) is 0 Å². The van der Waals surface area contributed by atoms with Crippen molar-refractivity contribution >= 4 is 21.7 Å². The highest BCUT2D eigenvalue weighted by Crippen LogP contribution is 2.21. The first-order valence-electron chi connectivity index (χ1n) is 8.39. The third-order valence-electron chi connectivity index (χ3n) is 4.64. The molecule has 0 radical (unpaired) electrons. The van der Waals surface area contributed by atoms with Crippen LogP contribution in [0.3, 0.4) is 0 Å². The summed E-state index contributed by atoms with van der Waals surface area (Å²) in [4.78, 5) is 19.0. The molecule has 2 aliphatic rings. The Bertz CT molecular complexity index is 684. The number of amides is 1. The van der Waals surface area contributed by atoms with Crippen LogP contribution in [0.4, 0.5) is 5.82 Å². The molecule has 1 atom stereocenters. The van der Waals surface area contributed by atoms with Crippen molar-refractivity contribution in [2.24, 2.45) is 0 Å². The molecule has 3 heterocycles. The van der Waals surface area contributed by atoms with Crippen molar-refractivity contribution in [2.75, 3.05) is 30.8 Å². The van der Waals surface area contributed by atoms with Crippen molar-refractivity contribution in [2.45, 2.75) is 38.3 Å². The van der Waals surface area contributed by atoms with Gasteiger partial charge in [0.1, 0.15) is 11.9 Å². The van der Waals surface area contributed by atoms with Crippen LogP contribution in [0.2, 0.25) is 0 Å². The van der Waals surface area contributed by atoms with Crippen LogP contribution < -0.4 is 10.2 Å². The van der Waals surface area contributed by atoms with Crippen LogP contribution in [0.15, 0.2) is 18.3 Å². The molecule has 1 aromatic rings. The van der Waals surface area contributed by atoms with Crippen LogP contribution in [-0.4, -0.2) is 55.5 Å². The zero-order valence-corrected chi connectivity index (χ0v) is 14.8. The Hall–Kier alpha value is -1.67.